The molecule has 1 aromatic carbocycles. The van der Waals surface area contributed by atoms with Gasteiger partial charge in [-0.1, -0.05) is 37.3 Å². The first-order chi connectivity index (χ1) is 14.3. The highest BCUT2D eigenvalue weighted by molar-refractivity contribution is 14.0. The molecule has 0 amide bonds. The Bertz CT molecular complexity index is 914. The maximum Gasteiger partial charge on any atom is 0.218 e. The molecular weight excluding hydrogens is 491 g/mol. The molecule has 0 atom stereocenters. The smallest absolute Gasteiger partial charge is 0.218 e. The molecule has 0 saturated heterocycles. The molecule has 3 aromatic rings. The summed E-state index contributed by atoms with van der Waals surface area (Å²) in [5.41, 5.74) is 3.43. The summed E-state index contributed by atoms with van der Waals surface area (Å²) >= 11 is 0. The van der Waals surface area contributed by atoms with E-state index in [0.717, 1.165) is 24.5 Å². The largest absolute Gasteiger partial charge is 0.477 e. The van der Waals surface area contributed by atoms with E-state index < -0.39 is 0 Å². The summed E-state index contributed by atoms with van der Waals surface area (Å²) in [7, 11) is 1.77. The number of hydrogen-bond donors (Lipinski definition) is 2. The number of hydrogen-bond acceptors (Lipinski definition) is 4. The Kier molecular flexibility index (Phi) is 10.1. The Morgan fingerprint density at radius 2 is 1.73 bits per heavy atom. The van der Waals surface area contributed by atoms with Crippen LogP contribution in [0.25, 0.3) is 0 Å². The molecule has 3 rings (SSSR count). The summed E-state index contributed by atoms with van der Waals surface area (Å²) in [6, 6.07) is 14.2. The highest BCUT2D eigenvalue weighted by Crippen LogP contribution is 2.14. The molecule has 0 fully saturated rings. The van der Waals surface area contributed by atoms with Crippen LogP contribution in [0.2, 0.25) is 0 Å². The van der Waals surface area contributed by atoms with Crippen molar-refractivity contribution in [3.05, 3.63) is 77.7 Å². The Morgan fingerprint density at radius 1 is 1.00 bits per heavy atom. The molecule has 0 spiro atoms. The summed E-state index contributed by atoms with van der Waals surface area (Å²) in [6.07, 6.45) is 6.46. The van der Waals surface area contributed by atoms with E-state index in [9.17, 15) is 0 Å². The van der Waals surface area contributed by atoms with E-state index >= 15 is 0 Å². The average Bonchev–Trinajstić information content (AvgIpc) is 3.27. The monoisotopic (exact) mass is 520 g/mol. The number of ether oxygens (including phenoxy) is 1. The quantitative estimate of drug-likeness (QED) is 0.256. The first-order valence-corrected chi connectivity index (χ1v) is 9.85. The Morgan fingerprint density at radius 3 is 2.43 bits per heavy atom. The first kappa shape index (κ1) is 23.7. The van der Waals surface area contributed by atoms with Gasteiger partial charge in [0.05, 0.1) is 13.2 Å². The van der Waals surface area contributed by atoms with Gasteiger partial charge in [-0.3, -0.25) is 9.67 Å². The normalized spacial score (nSPS) is 10.9. The lowest BCUT2D eigenvalue weighted by molar-refractivity contribution is 0.301. The van der Waals surface area contributed by atoms with Gasteiger partial charge in [-0.25, -0.2) is 4.98 Å². The van der Waals surface area contributed by atoms with E-state index in [2.05, 4.69) is 50.8 Å². The van der Waals surface area contributed by atoms with Crippen LogP contribution in [0.1, 0.15) is 30.0 Å². The van der Waals surface area contributed by atoms with Gasteiger partial charge in [0.1, 0.15) is 0 Å². The van der Waals surface area contributed by atoms with Crippen LogP contribution in [0.4, 0.5) is 0 Å². The molecule has 0 saturated carbocycles. The summed E-state index contributed by atoms with van der Waals surface area (Å²) in [5.74, 6) is 1.39. The standard InChI is InChI=1S/C22H28N6O.HI/c1-3-14-29-21-19(10-6-11-24-21)16-26-22(23-2)25-15-18-8-4-5-9-20(18)17-28-13-7-12-27-28;/h4-13H,3,14-17H2,1-2H3,(H2,23,25,26);1H. The second-order valence-corrected chi connectivity index (χ2v) is 6.57. The van der Waals surface area contributed by atoms with Crippen LogP contribution < -0.4 is 15.4 Å². The van der Waals surface area contributed by atoms with Crippen LogP contribution in [0.3, 0.4) is 0 Å². The van der Waals surface area contributed by atoms with E-state index in [1.165, 1.54) is 11.1 Å². The summed E-state index contributed by atoms with van der Waals surface area (Å²) in [5, 5.41) is 11.0. The topological polar surface area (TPSA) is 76.4 Å². The molecule has 30 heavy (non-hydrogen) atoms. The maximum absolute atomic E-state index is 5.73. The van der Waals surface area contributed by atoms with Gasteiger partial charge in [-0.05, 0) is 29.7 Å². The minimum Gasteiger partial charge on any atom is -0.477 e. The number of aromatic nitrogens is 3. The Labute approximate surface area is 195 Å². The van der Waals surface area contributed by atoms with Crippen LogP contribution in [-0.2, 0) is 19.6 Å². The molecule has 0 bridgehead atoms. The second-order valence-electron chi connectivity index (χ2n) is 6.57. The van der Waals surface area contributed by atoms with Crippen LogP contribution in [0.15, 0.2) is 66.0 Å². The molecule has 2 heterocycles. The van der Waals surface area contributed by atoms with Crippen LogP contribution >= 0.6 is 24.0 Å². The number of guanidine groups is 1. The SMILES string of the molecule is CCCOc1ncccc1CNC(=NC)NCc1ccccc1Cn1cccn1.I. The van der Waals surface area contributed by atoms with Crippen molar-refractivity contribution in [3.63, 3.8) is 0 Å². The summed E-state index contributed by atoms with van der Waals surface area (Å²) < 4.78 is 7.65. The first-order valence-electron chi connectivity index (χ1n) is 9.85. The van der Waals surface area contributed by atoms with Crippen molar-refractivity contribution in [1.82, 2.24) is 25.4 Å². The van der Waals surface area contributed by atoms with Gasteiger partial charge in [-0.15, -0.1) is 24.0 Å². The van der Waals surface area contributed by atoms with Gasteiger partial charge in [0, 0.05) is 44.3 Å². The third-order valence-electron chi connectivity index (χ3n) is 4.42. The average molecular weight is 520 g/mol. The van der Waals surface area contributed by atoms with Crippen LogP contribution in [-0.4, -0.2) is 34.4 Å². The molecule has 0 unspecified atom stereocenters. The van der Waals surface area contributed by atoms with E-state index in [1.807, 2.05) is 35.1 Å². The molecule has 7 nitrogen and oxygen atoms in total. The zero-order chi connectivity index (χ0) is 20.3. The van der Waals surface area contributed by atoms with Crippen LogP contribution in [0.5, 0.6) is 5.88 Å². The highest BCUT2D eigenvalue weighted by Gasteiger charge is 2.07. The number of aliphatic imine (C=N–C) groups is 1. The summed E-state index contributed by atoms with van der Waals surface area (Å²) in [6.45, 7) is 4.73. The molecular formula is C22H29IN6O. The van der Waals surface area contributed by atoms with E-state index in [0.29, 0.717) is 25.6 Å². The predicted molar refractivity (Wildman–Crippen MR) is 130 cm³/mol. The highest BCUT2D eigenvalue weighted by atomic mass is 127. The Balaban J connectivity index is 0.00000320. The maximum atomic E-state index is 5.73. The molecule has 2 aromatic heterocycles. The van der Waals surface area contributed by atoms with Crippen molar-refractivity contribution in [1.29, 1.82) is 0 Å². The van der Waals surface area contributed by atoms with Gasteiger partial charge in [0.2, 0.25) is 5.88 Å². The zero-order valence-electron chi connectivity index (χ0n) is 17.4. The molecule has 0 aliphatic carbocycles. The van der Waals surface area contributed by atoms with Gasteiger partial charge in [0.15, 0.2) is 5.96 Å². The fourth-order valence-corrected chi connectivity index (χ4v) is 2.92. The number of nitrogens with one attached hydrogen (secondary N) is 2. The van der Waals surface area contributed by atoms with E-state index in [-0.39, 0.29) is 24.0 Å². The summed E-state index contributed by atoms with van der Waals surface area (Å²) in [4.78, 5) is 8.66. The van der Waals surface area contributed by atoms with Crippen LogP contribution in [0, 0.1) is 0 Å². The van der Waals surface area contributed by atoms with Crippen molar-refractivity contribution >= 4 is 29.9 Å². The van der Waals surface area contributed by atoms with Gasteiger partial charge in [-0.2, -0.15) is 5.10 Å². The van der Waals surface area contributed by atoms with E-state index in [4.69, 9.17) is 4.74 Å². The van der Waals surface area contributed by atoms with E-state index in [1.54, 1.807) is 19.4 Å². The number of pyridine rings is 1. The number of halogens is 1. The molecule has 0 aliphatic heterocycles. The van der Waals surface area contributed by atoms with Gasteiger partial charge >= 0.3 is 0 Å². The second kappa shape index (κ2) is 12.8. The van der Waals surface area contributed by atoms with Crippen molar-refractivity contribution in [2.45, 2.75) is 33.0 Å². The van der Waals surface area contributed by atoms with Crippen molar-refractivity contribution in [2.75, 3.05) is 13.7 Å². The number of nitrogens with zero attached hydrogens (tertiary/aromatic N) is 4. The van der Waals surface area contributed by atoms with Gasteiger partial charge in [0.25, 0.3) is 0 Å². The zero-order valence-corrected chi connectivity index (χ0v) is 19.7. The molecule has 160 valence electrons. The minimum atomic E-state index is 0. The lowest BCUT2D eigenvalue weighted by atomic mass is 10.1. The van der Waals surface area contributed by atoms with Crippen molar-refractivity contribution in [3.8, 4) is 5.88 Å². The Hall–Kier alpha value is -2.62. The molecule has 0 radical (unpaired) electrons. The predicted octanol–water partition coefficient (Wildman–Crippen LogP) is 3.60. The van der Waals surface area contributed by atoms with Crippen molar-refractivity contribution in [2.24, 2.45) is 4.99 Å². The molecule has 8 heteroatoms. The third kappa shape index (κ3) is 7.01. The fraction of sp³-hybridized carbons (Fsp3) is 0.318. The minimum absolute atomic E-state index is 0. The van der Waals surface area contributed by atoms with Gasteiger partial charge < -0.3 is 15.4 Å². The lowest BCUT2D eigenvalue weighted by Gasteiger charge is -2.15. The number of benzene rings is 1. The fourth-order valence-electron chi connectivity index (χ4n) is 2.92. The third-order valence-corrected chi connectivity index (χ3v) is 4.42. The number of rotatable bonds is 9. The van der Waals surface area contributed by atoms with Crippen molar-refractivity contribution < 1.29 is 4.74 Å². The molecule has 2 N–H and O–H groups in total. The molecule has 0 aliphatic rings. The lowest BCUT2D eigenvalue weighted by Crippen LogP contribution is -2.36.